The molecule has 0 bridgehead atoms. The van der Waals surface area contributed by atoms with Gasteiger partial charge in [-0.2, -0.15) is 0 Å². The van der Waals surface area contributed by atoms with Gasteiger partial charge in [-0.3, -0.25) is 4.79 Å². The van der Waals surface area contributed by atoms with Crippen LogP contribution in [0.25, 0.3) is 11.1 Å². The van der Waals surface area contributed by atoms with Gasteiger partial charge in [0.2, 0.25) is 0 Å². The van der Waals surface area contributed by atoms with Crippen LogP contribution in [-0.4, -0.2) is 47.4 Å². The second-order valence-electron chi connectivity index (χ2n) is 8.25. The van der Waals surface area contributed by atoms with E-state index in [1.165, 1.54) is 0 Å². The highest BCUT2D eigenvalue weighted by molar-refractivity contribution is 5.96. The summed E-state index contributed by atoms with van der Waals surface area (Å²) in [5, 5.41) is 23.1. The lowest BCUT2D eigenvalue weighted by Gasteiger charge is -2.15. The minimum Gasteiger partial charge on any atom is -0.480 e. The number of carbonyl (C=O) groups excluding carboxylic acids is 2. The van der Waals surface area contributed by atoms with Gasteiger partial charge in [-0.1, -0.05) is 60.7 Å². The molecular formula is C27H26N2O6. The smallest absolute Gasteiger partial charge is 0.407 e. The molecule has 0 heterocycles. The Morgan fingerprint density at radius 1 is 0.886 bits per heavy atom. The van der Waals surface area contributed by atoms with E-state index in [4.69, 9.17) is 14.9 Å². The summed E-state index contributed by atoms with van der Waals surface area (Å²) in [6.07, 6.45) is -0.620. The van der Waals surface area contributed by atoms with Crippen LogP contribution in [0.2, 0.25) is 0 Å². The maximum Gasteiger partial charge on any atom is 0.407 e. The number of hydrogen-bond acceptors (Lipinski definition) is 5. The van der Waals surface area contributed by atoms with E-state index in [0.717, 1.165) is 27.8 Å². The van der Waals surface area contributed by atoms with E-state index in [1.54, 1.807) is 24.3 Å². The Bertz CT molecular complexity index is 1180. The van der Waals surface area contributed by atoms with E-state index in [1.807, 2.05) is 24.3 Å². The van der Waals surface area contributed by atoms with Crippen molar-refractivity contribution in [3.63, 3.8) is 0 Å². The summed E-state index contributed by atoms with van der Waals surface area (Å²) in [4.78, 5) is 35.7. The average Bonchev–Trinajstić information content (AvgIpc) is 3.20. The van der Waals surface area contributed by atoms with Crippen LogP contribution >= 0.6 is 0 Å². The van der Waals surface area contributed by atoms with Gasteiger partial charge in [0.25, 0.3) is 5.91 Å². The number of ether oxygens (including phenoxy) is 1. The first-order chi connectivity index (χ1) is 17.0. The van der Waals surface area contributed by atoms with Gasteiger partial charge in [0, 0.05) is 31.1 Å². The predicted octanol–water partition coefficient (Wildman–Crippen LogP) is 3.29. The number of fused-ring (bicyclic) bond motifs is 3. The van der Waals surface area contributed by atoms with Crippen molar-refractivity contribution in [2.45, 2.75) is 24.9 Å². The molecule has 3 aromatic rings. The molecule has 8 heteroatoms. The number of carbonyl (C=O) groups is 3. The van der Waals surface area contributed by atoms with Gasteiger partial charge in [-0.25, -0.2) is 9.59 Å². The Morgan fingerprint density at radius 3 is 2.06 bits per heavy atom. The molecule has 8 nitrogen and oxygen atoms in total. The third-order valence-corrected chi connectivity index (χ3v) is 6.02. The molecular weight excluding hydrogens is 448 g/mol. The second kappa shape index (κ2) is 10.8. The van der Waals surface area contributed by atoms with Crippen LogP contribution in [-0.2, 0) is 16.1 Å². The number of benzene rings is 3. The fourth-order valence-electron chi connectivity index (χ4n) is 4.23. The van der Waals surface area contributed by atoms with Crippen molar-refractivity contribution in [2.24, 2.45) is 0 Å². The van der Waals surface area contributed by atoms with Crippen molar-refractivity contribution in [1.29, 1.82) is 0 Å². The number of aliphatic carboxylic acids is 1. The highest BCUT2D eigenvalue weighted by atomic mass is 16.5. The molecule has 2 amide bonds. The van der Waals surface area contributed by atoms with Gasteiger partial charge in [-0.05, 0) is 39.9 Å². The molecule has 0 aromatic heterocycles. The average molecular weight is 475 g/mol. The molecule has 1 atom stereocenters. The summed E-state index contributed by atoms with van der Waals surface area (Å²) in [5.41, 5.74) is 5.62. The van der Waals surface area contributed by atoms with Crippen LogP contribution in [0, 0.1) is 0 Å². The lowest BCUT2D eigenvalue weighted by Crippen LogP contribution is -2.41. The summed E-state index contributed by atoms with van der Waals surface area (Å²) in [5.74, 6) is -1.79. The number of aliphatic hydroxyl groups excluding tert-OH is 1. The minimum atomic E-state index is -1.21. The van der Waals surface area contributed by atoms with Gasteiger partial charge < -0.3 is 25.6 Å². The molecule has 0 saturated carbocycles. The molecule has 0 saturated heterocycles. The molecule has 4 N–H and O–H groups in total. The molecule has 180 valence electrons. The summed E-state index contributed by atoms with van der Waals surface area (Å²) >= 11 is 0. The fourth-order valence-corrected chi connectivity index (χ4v) is 4.23. The van der Waals surface area contributed by atoms with E-state index in [-0.39, 0.29) is 37.7 Å². The SMILES string of the molecule is O=C(NCc1ccc(C(=O)N[C@H](CCO)C(=O)O)cc1)OCC1c2ccccc2-c2ccccc21. The standard InChI is InChI=1S/C27H26N2O6/c30-14-13-24(26(32)33)29-25(31)18-11-9-17(10-12-18)15-28-27(34)35-16-23-21-7-3-1-5-19(21)20-6-2-4-8-22(20)23/h1-12,23-24,30H,13-16H2,(H,28,34)(H,29,31)(H,32,33)/t24-/m1/s1. The number of amides is 2. The van der Waals surface area contributed by atoms with Crippen molar-refractivity contribution >= 4 is 18.0 Å². The first kappa shape index (κ1) is 24.0. The number of aliphatic hydroxyl groups is 1. The quantitative estimate of drug-likeness (QED) is 0.377. The van der Waals surface area contributed by atoms with Gasteiger partial charge in [0.15, 0.2) is 0 Å². The van der Waals surface area contributed by atoms with Crippen LogP contribution in [0.4, 0.5) is 4.79 Å². The number of carboxylic acid groups (broad SMARTS) is 1. The van der Waals surface area contributed by atoms with Gasteiger partial charge in [-0.15, -0.1) is 0 Å². The second-order valence-corrected chi connectivity index (χ2v) is 8.25. The van der Waals surface area contributed by atoms with E-state index >= 15 is 0 Å². The molecule has 0 radical (unpaired) electrons. The van der Waals surface area contributed by atoms with E-state index in [0.29, 0.717) is 0 Å². The maximum atomic E-state index is 12.3. The van der Waals surface area contributed by atoms with E-state index in [9.17, 15) is 14.4 Å². The van der Waals surface area contributed by atoms with Crippen molar-refractivity contribution < 1.29 is 29.3 Å². The van der Waals surface area contributed by atoms with Crippen molar-refractivity contribution in [3.05, 3.63) is 95.1 Å². The number of rotatable bonds is 9. The van der Waals surface area contributed by atoms with Crippen molar-refractivity contribution in [3.8, 4) is 11.1 Å². The first-order valence-corrected chi connectivity index (χ1v) is 11.3. The van der Waals surface area contributed by atoms with Crippen molar-refractivity contribution in [2.75, 3.05) is 13.2 Å². The molecule has 1 aliphatic carbocycles. The molecule has 4 rings (SSSR count). The van der Waals surface area contributed by atoms with Crippen LogP contribution in [0.5, 0.6) is 0 Å². The summed E-state index contributed by atoms with van der Waals surface area (Å²) in [6, 6.07) is 21.5. The third-order valence-electron chi connectivity index (χ3n) is 6.02. The Kier molecular flexibility index (Phi) is 7.42. The summed E-state index contributed by atoms with van der Waals surface area (Å²) < 4.78 is 5.52. The number of carboxylic acids is 1. The fraction of sp³-hybridized carbons (Fsp3) is 0.222. The van der Waals surface area contributed by atoms with Gasteiger partial charge >= 0.3 is 12.1 Å². The first-order valence-electron chi connectivity index (χ1n) is 11.3. The van der Waals surface area contributed by atoms with Gasteiger partial charge in [0.1, 0.15) is 12.6 Å². The Morgan fingerprint density at radius 2 is 1.49 bits per heavy atom. The zero-order chi connectivity index (χ0) is 24.8. The summed E-state index contributed by atoms with van der Waals surface area (Å²) in [6.45, 7) is 0.0795. The number of nitrogens with one attached hydrogen (secondary N) is 2. The molecule has 0 fully saturated rings. The van der Waals surface area contributed by atoms with Crippen LogP contribution in [0.3, 0.4) is 0 Å². The molecule has 0 unspecified atom stereocenters. The zero-order valence-electron chi connectivity index (χ0n) is 18.9. The number of alkyl carbamates (subject to hydrolysis) is 1. The van der Waals surface area contributed by atoms with Crippen LogP contribution in [0.1, 0.15) is 39.4 Å². The molecule has 3 aromatic carbocycles. The highest BCUT2D eigenvalue weighted by Gasteiger charge is 2.29. The summed E-state index contributed by atoms with van der Waals surface area (Å²) in [7, 11) is 0. The maximum absolute atomic E-state index is 12.3. The molecule has 0 aliphatic heterocycles. The Balaban J connectivity index is 1.30. The van der Waals surface area contributed by atoms with Gasteiger partial charge in [0.05, 0.1) is 0 Å². The highest BCUT2D eigenvalue weighted by Crippen LogP contribution is 2.44. The Hall–Kier alpha value is -4.17. The topological polar surface area (TPSA) is 125 Å². The predicted molar refractivity (Wildman–Crippen MR) is 129 cm³/mol. The largest absolute Gasteiger partial charge is 0.480 e. The van der Waals surface area contributed by atoms with E-state index in [2.05, 4.69) is 34.9 Å². The van der Waals surface area contributed by atoms with Crippen LogP contribution in [0.15, 0.2) is 72.8 Å². The third kappa shape index (κ3) is 5.50. The lowest BCUT2D eigenvalue weighted by molar-refractivity contribution is -0.139. The molecule has 35 heavy (non-hydrogen) atoms. The monoisotopic (exact) mass is 474 g/mol. The normalized spacial score (nSPS) is 12.8. The zero-order valence-corrected chi connectivity index (χ0v) is 18.9. The van der Waals surface area contributed by atoms with Crippen molar-refractivity contribution in [1.82, 2.24) is 10.6 Å². The van der Waals surface area contributed by atoms with Crippen LogP contribution < -0.4 is 10.6 Å². The minimum absolute atomic E-state index is 0.0218. The number of hydrogen-bond donors (Lipinski definition) is 4. The molecule has 0 spiro atoms. The van der Waals surface area contributed by atoms with E-state index < -0.39 is 24.0 Å². The Labute approximate surface area is 202 Å². The lowest BCUT2D eigenvalue weighted by atomic mass is 9.98. The molecule has 1 aliphatic rings.